The van der Waals surface area contributed by atoms with Gasteiger partial charge in [-0.25, -0.2) is 0 Å². The molecule has 0 atom stereocenters. The number of anilines is 3. The third kappa shape index (κ3) is 6.44. The highest BCUT2D eigenvalue weighted by Gasteiger charge is 2.16. The van der Waals surface area contributed by atoms with Gasteiger partial charge in [0.25, 0.3) is 0 Å². The van der Waals surface area contributed by atoms with Crippen LogP contribution in [0.5, 0.6) is 0 Å². The second-order valence-corrected chi connectivity index (χ2v) is 17.1. The van der Waals surface area contributed by atoms with Gasteiger partial charge in [0, 0.05) is 51.4 Å². The lowest BCUT2D eigenvalue weighted by atomic mass is 9.96. The molecule has 13 aromatic rings. The van der Waals surface area contributed by atoms with Crippen LogP contribution in [0.15, 0.2) is 237 Å². The number of hydrogen-bond donors (Lipinski definition) is 0. The molecule has 0 aliphatic rings. The van der Waals surface area contributed by atoms with E-state index in [2.05, 4.69) is 229 Å². The quantitative estimate of drug-likeness (QED) is 0.156. The van der Waals surface area contributed by atoms with Gasteiger partial charge in [0.05, 0.1) is 11.4 Å². The Morgan fingerprint density at radius 1 is 0.231 bits per heavy atom. The van der Waals surface area contributed by atoms with Crippen molar-refractivity contribution in [2.75, 3.05) is 4.90 Å². The molecule has 2 aromatic heterocycles. The molecule has 3 nitrogen and oxygen atoms in total. The van der Waals surface area contributed by atoms with E-state index < -0.39 is 0 Å². The van der Waals surface area contributed by atoms with Crippen LogP contribution in [0.3, 0.4) is 0 Å². The molecule has 65 heavy (non-hydrogen) atoms. The van der Waals surface area contributed by atoms with Crippen molar-refractivity contribution in [3.63, 3.8) is 0 Å². The van der Waals surface area contributed by atoms with Gasteiger partial charge in [-0.1, -0.05) is 164 Å². The molecule has 0 unspecified atom stereocenters. The Bertz CT molecular complexity index is 3840. The summed E-state index contributed by atoms with van der Waals surface area (Å²) in [5, 5.41) is 17.0. The highest BCUT2D eigenvalue weighted by Crippen LogP contribution is 2.40. The van der Waals surface area contributed by atoms with E-state index in [1.807, 2.05) is 12.4 Å². The number of hydrogen-bond acceptors (Lipinski definition) is 3. The van der Waals surface area contributed by atoms with Crippen LogP contribution in [0, 0.1) is 0 Å². The van der Waals surface area contributed by atoms with Crippen LogP contribution >= 0.6 is 0 Å². The number of benzene rings is 11. The SMILES string of the molecule is c1ccc2cc(-c3ccc4c(ccc5cc(N(c6ccc(-c7cc8ccc9ccccc9c8cn7)cc6)c6ccc(-c7cc8ccc9ccccc9c8cn7)cc6)ccc54)c3)ccc2c1. The molecule has 2 heterocycles. The van der Waals surface area contributed by atoms with E-state index in [9.17, 15) is 0 Å². The maximum Gasteiger partial charge on any atom is 0.0708 e. The maximum atomic E-state index is 4.96. The van der Waals surface area contributed by atoms with E-state index in [-0.39, 0.29) is 0 Å². The van der Waals surface area contributed by atoms with Crippen LogP contribution in [0.1, 0.15) is 0 Å². The van der Waals surface area contributed by atoms with Gasteiger partial charge >= 0.3 is 0 Å². The summed E-state index contributed by atoms with van der Waals surface area (Å²) >= 11 is 0. The lowest BCUT2D eigenvalue weighted by Gasteiger charge is -2.26. The van der Waals surface area contributed by atoms with Gasteiger partial charge in [0.1, 0.15) is 0 Å². The van der Waals surface area contributed by atoms with Gasteiger partial charge in [-0.15, -0.1) is 0 Å². The molecular weight excluding hydrogens is 787 g/mol. The Kier molecular flexibility index (Phi) is 8.53. The first-order valence-electron chi connectivity index (χ1n) is 22.2. The van der Waals surface area contributed by atoms with Gasteiger partial charge in [-0.2, -0.15) is 0 Å². The summed E-state index contributed by atoms with van der Waals surface area (Å²) in [6.07, 6.45) is 4.04. The summed E-state index contributed by atoms with van der Waals surface area (Å²) in [6.45, 7) is 0. The molecule has 0 saturated heterocycles. The fraction of sp³-hybridized carbons (Fsp3) is 0. The zero-order valence-electron chi connectivity index (χ0n) is 35.4. The zero-order valence-corrected chi connectivity index (χ0v) is 35.4. The summed E-state index contributed by atoms with van der Waals surface area (Å²) in [5.74, 6) is 0. The van der Waals surface area contributed by atoms with Crippen molar-refractivity contribution >= 4 is 92.5 Å². The molecule has 0 amide bonds. The van der Waals surface area contributed by atoms with Crippen LogP contribution in [-0.4, -0.2) is 9.97 Å². The lowest BCUT2D eigenvalue weighted by molar-refractivity contribution is 1.28. The Morgan fingerprint density at radius 2 is 0.600 bits per heavy atom. The van der Waals surface area contributed by atoms with Gasteiger partial charge in [0.15, 0.2) is 0 Å². The lowest BCUT2D eigenvalue weighted by Crippen LogP contribution is -2.10. The molecule has 0 radical (unpaired) electrons. The average Bonchev–Trinajstić information content (AvgIpc) is 3.38. The molecule has 13 rings (SSSR count). The fourth-order valence-electron chi connectivity index (χ4n) is 9.87. The van der Waals surface area contributed by atoms with Crippen molar-refractivity contribution < 1.29 is 0 Å². The second-order valence-electron chi connectivity index (χ2n) is 17.1. The summed E-state index contributed by atoms with van der Waals surface area (Å²) in [6, 6.07) is 81.3. The normalized spacial score (nSPS) is 11.7. The maximum absolute atomic E-state index is 4.96. The van der Waals surface area contributed by atoms with Crippen molar-refractivity contribution in [3.8, 4) is 33.6 Å². The van der Waals surface area contributed by atoms with E-state index >= 15 is 0 Å². The van der Waals surface area contributed by atoms with Crippen molar-refractivity contribution in [2.45, 2.75) is 0 Å². The molecule has 0 bridgehead atoms. The molecular formula is C62H39N3. The van der Waals surface area contributed by atoms with E-state index in [1.165, 1.54) is 86.5 Å². The van der Waals surface area contributed by atoms with Gasteiger partial charge in [-0.05, 0) is 136 Å². The molecule has 0 aliphatic heterocycles. The van der Waals surface area contributed by atoms with E-state index in [1.54, 1.807) is 0 Å². The largest absolute Gasteiger partial charge is 0.310 e. The molecule has 0 saturated carbocycles. The standard InChI is InChI=1S/C62H39N3/c1-2-10-45-33-46(16-13-40(45)7-1)47-25-31-57-48(34-47)19-20-49-35-54(30-32-58(49)57)65(52-26-21-43(22-27-52)61-36-50-17-14-41-8-3-5-11-55(41)59(50)38-63-61)53-28-23-44(24-29-53)62-37-51-18-15-42-9-4-6-12-56(42)60(51)39-64-62/h1-39H. The first-order valence-corrected chi connectivity index (χ1v) is 22.2. The minimum atomic E-state index is 0.951. The Labute approximate surface area is 376 Å². The smallest absolute Gasteiger partial charge is 0.0708 e. The van der Waals surface area contributed by atoms with Crippen LogP contribution in [0.2, 0.25) is 0 Å². The van der Waals surface area contributed by atoms with Gasteiger partial charge in [-0.3, -0.25) is 9.97 Å². The first-order chi connectivity index (χ1) is 32.2. The second kappa shape index (κ2) is 15.0. The Hall–Kier alpha value is -8.66. The molecule has 0 N–H and O–H groups in total. The van der Waals surface area contributed by atoms with Gasteiger partial charge < -0.3 is 4.90 Å². The van der Waals surface area contributed by atoms with Crippen molar-refractivity contribution in [1.82, 2.24) is 9.97 Å². The summed E-state index contributed by atoms with van der Waals surface area (Å²) in [4.78, 5) is 12.3. The third-order valence-electron chi connectivity index (χ3n) is 13.3. The van der Waals surface area contributed by atoms with Gasteiger partial charge in [0.2, 0.25) is 0 Å². The molecule has 0 fully saturated rings. The molecule has 0 spiro atoms. The number of rotatable bonds is 6. The summed E-state index contributed by atoms with van der Waals surface area (Å²) in [7, 11) is 0. The molecule has 0 aliphatic carbocycles. The monoisotopic (exact) mass is 825 g/mol. The van der Waals surface area contributed by atoms with Crippen LogP contribution in [0.25, 0.3) is 109 Å². The van der Waals surface area contributed by atoms with Crippen LogP contribution in [0.4, 0.5) is 17.1 Å². The fourth-order valence-corrected chi connectivity index (χ4v) is 9.87. The predicted molar refractivity (Wildman–Crippen MR) is 276 cm³/mol. The summed E-state index contributed by atoms with van der Waals surface area (Å²) in [5.41, 5.74) is 9.69. The van der Waals surface area contributed by atoms with Crippen molar-refractivity contribution in [2.24, 2.45) is 0 Å². The Balaban J connectivity index is 0.882. The topological polar surface area (TPSA) is 29.0 Å². The number of nitrogens with zero attached hydrogens (tertiary/aromatic N) is 3. The van der Waals surface area contributed by atoms with Crippen molar-refractivity contribution in [3.05, 3.63) is 237 Å². The predicted octanol–water partition coefficient (Wildman–Crippen LogP) is 17.0. The molecule has 11 aromatic carbocycles. The van der Waals surface area contributed by atoms with E-state index in [4.69, 9.17) is 9.97 Å². The van der Waals surface area contributed by atoms with E-state index in [0.29, 0.717) is 0 Å². The number of fused-ring (bicyclic) bond motifs is 10. The minimum absolute atomic E-state index is 0.951. The third-order valence-corrected chi connectivity index (χ3v) is 13.3. The number of pyridine rings is 2. The molecule has 302 valence electrons. The zero-order chi connectivity index (χ0) is 42.8. The van der Waals surface area contributed by atoms with Crippen LogP contribution < -0.4 is 4.90 Å². The van der Waals surface area contributed by atoms with Crippen LogP contribution in [-0.2, 0) is 0 Å². The minimum Gasteiger partial charge on any atom is -0.310 e. The van der Waals surface area contributed by atoms with E-state index in [0.717, 1.165) is 39.6 Å². The average molecular weight is 826 g/mol. The highest BCUT2D eigenvalue weighted by atomic mass is 15.1. The molecule has 3 heteroatoms. The number of aromatic nitrogens is 2. The Morgan fingerprint density at radius 3 is 1.17 bits per heavy atom. The highest BCUT2D eigenvalue weighted by molar-refractivity contribution is 6.11. The van der Waals surface area contributed by atoms with Crippen molar-refractivity contribution in [1.29, 1.82) is 0 Å². The first kappa shape index (κ1) is 36.9. The summed E-state index contributed by atoms with van der Waals surface area (Å²) < 4.78 is 0.